The van der Waals surface area contributed by atoms with Crippen LogP contribution in [0.1, 0.15) is 82.5 Å². The number of carbonyl (C=O) groups excluding carboxylic acids is 2. The highest BCUT2D eigenvalue weighted by Crippen LogP contribution is 2.45. The Labute approximate surface area is 191 Å². The number of allylic oxidation sites excluding steroid dienone is 3. The third-order valence-electron chi connectivity index (χ3n) is 5.50. The van der Waals surface area contributed by atoms with Crippen LogP contribution in [0.4, 0.5) is 0 Å². The summed E-state index contributed by atoms with van der Waals surface area (Å²) in [5.41, 5.74) is -0.255. The number of esters is 2. The van der Waals surface area contributed by atoms with E-state index < -0.39 is 97.5 Å². The summed E-state index contributed by atoms with van der Waals surface area (Å²) in [4.78, 5) is 25.3. The highest BCUT2D eigenvalue weighted by atomic mass is 16.5. The van der Waals surface area contributed by atoms with Gasteiger partial charge in [-0.2, -0.15) is 0 Å². The van der Waals surface area contributed by atoms with Crippen LogP contribution >= 0.6 is 0 Å². The monoisotopic (exact) mass is 416 g/mol. The highest BCUT2D eigenvalue weighted by Gasteiger charge is 2.42. The minimum atomic E-state index is -2.79. The molecule has 1 N–H and O–H groups in total. The van der Waals surface area contributed by atoms with E-state index in [1.807, 2.05) is 0 Å². The van der Waals surface area contributed by atoms with Gasteiger partial charge in [0.15, 0.2) is 0 Å². The van der Waals surface area contributed by atoms with Crippen LogP contribution < -0.4 is 0 Å². The van der Waals surface area contributed by atoms with Crippen molar-refractivity contribution in [3.8, 4) is 0 Å². The molecule has 5 nitrogen and oxygen atoms in total. The van der Waals surface area contributed by atoms with Crippen LogP contribution in [-0.4, -0.2) is 35.4 Å². The minimum Gasteiger partial charge on any atom is -0.462 e. The van der Waals surface area contributed by atoms with Crippen molar-refractivity contribution in [3.05, 3.63) is 23.7 Å². The largest absolute Gasteiger partial charge is 0.462 e. The maximum atomic E-state index is 13.2. The minimum absolute atomic E-state index is 0.0790. The predicted octanol–water partition coefficient (Wildman–Crippen LogP) is 4.20. The lowest BCUT2D eigenvalue weighted by Gasteiger charge is -2.43. The summed E-state index contributed by atoms with van der Waals surface area (Å²) in [6.07, 6.45) is -10.6. The highest BCUT2D eigenvalue weighted by molar-refractivity contribution is 5.72. The fourth-order valence-electron chi connectivity index (χ4n) is 3.92. The molecule has 8 atom stereocenters. The topological polar surface area (TPSA) is 72.8 Å². The SMILES string of the molecule is [2H]C1=C([2H])[C@]([2H])(C)[C@H](CCC2C[C@@H](O)C([2H])([2H])C(=O)O2)[C@@H]2C1=C([2H])[C@]([2H])(C)C([2H])([2H])C2OC(=O)[C@H](CC)C([2H])([2H])[2H]. The lowest BCUT2D eigenvalue weighted by Crippen LogP contribution is -2.42. The molecule has 0 aromatic heterocycles. The zero-order valence-corrected chi connectivity index (χ0v) is 16.9. The summed E-state index contributed by atoms with van der Waals surface area (Å²) in [5, 5.41) is 10.1. The third kappa shape index (κ3) is 5.30. The maximum Gasteiger partial charge on any atom is 0.308 e. The van der Waals surface area contributed by atoms with Crippen molar-refractivity contribution in [2.45, 2.75) is 84.4 Å². The normalized spacial score (nSPS) is 53.9. The van der Waals surface area contributed by atoms with Gasteiger partial charge in [0, 0.05) is 24.7 Å². The van der Waals surface area contributed by atoms with E-state index in [9.17, 15) is 14.7 Å². The Kier molecular flexibility index (Phi) is 3.63. The van der Waals surface area contributed by atoms with Gasteiger partial charge in [0.2, 0.25) is 0 Å². The van der Waals surface area contributed by atoms with Gasteiger partial charge in [-0.15, -0.1) is 0 Å². The molecule has 2 unspecified atom stereocenters. The lowest BCUT2D eigenvalue weighted by molar-refractivity contribution is -0.162. The number of ether oxygens (including phenoxy) is 2. The van der Waals surface area contributed by atoms with Gasteiger partial charge in [-0.3, -0.25) is 9.59 Å². The van der Waals surface area contributed by atoms with E-state index in [1.54, 1.807) is 0 Å². The number of hydrogen-bond donors (Lipinski definition) is 1. The first-order valence-electron chi connectivity index (χ1n) is 15.9. The fourth-order valence-corrected chi connectivity index (χ4v) is 3.92. The molecule has 1 aliphatic heterocycles. The molecule has 2 aliphatic carbocycles. The molecule has 3 aliphatic rings. The molecule has 0 radical (unpaired) electrons. The number of carbonyl (C=O) groups is 2. The Hall–Kier alpha value is -1.62. The number of hydrogen-bond acceptors (Lipinski definition) is 5. The van der Waals surface area contributed by atoms with Gasteiger partial charge in [-0.1, -0.05) is 45.8 Å². The first-order chi connectivity index (χ1) is 18.4. The van der Waals surface area contributed by atoms with Crippen LogP contribution in [0.25, 0.3) is 0 Å². The molecular weight excluding hydrogens is 368 g/mol. The number of cyclic esters (lactones) is 1. The summed E-state index contributed by atoms with van der Waals surface area (Å²) < 4.78 is 110. The molecule has 0 bridgehead atoms. The van der Waals surface area contributed by atoms with Crippen LogP contribution in [0.15, 0.2) is 23.7 Å². The third-order valence-corrected chi connectivity index (χ3v) is 5.50. The zero-order valence-electron chi connectivity index (χ0n) is 28.9. The Morgan fingerprint density at radius 2 is 2.31 bits per heavy atom. The van der Waals surface area contributed by atoms with Crippen molar-refractivity contribution in [2.75, 3.05) is 0 Å². The quantitative estimate of drug-likeness (QED) is 0.657. The molecule has 0 aromatic carbocycles. The van der Waals surface area contributed by atoms with Gasteiger partial charge < -0.3 is 14.6 Å². The molecular formula is C24H36O5. The van der Waals surface area contributed by atoms with Gasteiger partial charge in [-0.05, 0) is 48.9 Å². The fraction of sp³-hybridized carbons (Fsp3) is 0.750. The average molecular weight is 417 g/mol. The van der Waals surface area contributed by atoms with Gasteiger partial charge in [0.05, 0.1) is 22.5 Å². The number of aliphatic hydroxyl groups is 1. The molecule has 1 fully saturated rings. The maximum absolute atomic E-state index is 13.2. The molecule has 0 aromatic rings. The Bertz CT molecular complexity index is 1140. The van der Waals surface area contributed by atoms with Crippen molar-refractivity contribution in [3.63, 3.8) is 0 Å². The van der Waals surface area contributed by atoms with Crippen molar-refractivity contribution in [1.29, 1.82) is 0 Å². The second-order valence-corrected chi connectivity index (χ2v) is 7.69. The molecule has 1 heterocycles. The van der Waals surface area contributed by atoms with Crippen LogP contribution in [0.3, 0.4) is 0 Å². The van der Waals surface area contributed by atoms with E-state index in [4.69, 9.17) is 25.9 Å². The average Bonchev–Trinajstić information content (AvgIpc) is 2.82. The lowest BCUT2D eigenvalue weighted by atomic mass is 9.65. The van der Waals surface area contributed by atoms with Gasteiger partial charge in [-0.25, -0.2) is 0 Å². The molecule has 0 saturated carbocycles. The van der Waals surface area contributed by atoms with E-state index >= 15 is 0 Å². The van der Waals surface area contributed by atoms with Crippen molar-refractivity contribution in [1.82, 2.24) is 0 Å². The van der Waals surface area contributed by atoms with Crippen molar-refractivity contribution >= 4 is 11.9 Å². The van der Waals surface area contributed by atoms with Crippen molar-refractivity contribution in [2.24, 2.45) is 29.5 Å². The number of fused-ring (bicyclic) bond motifs is 1. The predicted molar refractivity (Wildman–Crippen MR) is 111 cm³/mol. The van der Waals surface area contributed by atoms with Gasteiger partial charge >= 0.3 is 11.9 Å². The van der Waals surface area contributed by atoms with Crippen LogP contribution in [0.5, 0.6) is 0 Å². The van der Waals surface area contributed by atoms with Crippen LogP contribution in [0, 0.1) is 29.5 Å². The molecule has 3 rings (SSSR count). The van der Waals surface area contributed by atoms with Crippen molar-refractivity contribution < 1.29 is 40.6 Å². The van der Waals surface area contributed by atoms with E-state index in [0.717, 1.165) is 6.92 Å². The molecule has 5 heteroatoms. The summed E-state index contributed by atoms with van der Waals surface area (Å²) in [7, 11) is 0. The number of aliphatic hydroxyl groups excluding tert-OH is 1. The first-order valence-corrected chi connectivity index (χ1v) is 9.94. The Morgan fingerprint density at radius 1 is 1.52 bits per heavy atom. The smallest absolute Gasteiger partial charge is 0.308 e. The van der Waals surface area contributed by atoms with E-state index in [0.29, 0.717) is 0 Å². The molecule has 162 valence electrons. The molecule has 0 amide bonds. The number of rotatable bonds is 6. The summed E-state index contributed by atoms with van der Waals surface area (Å²) in [5.74, 6) is -11.0. The summed E-state index contributed by atoms with van der Waals surface area (Å²) in [6, 6.07) is -1.74. The first kappa shape index (κ1) is 11.1. The summed E-state index contributed by atoms with van der Waals surface area (Å²) >= 11 is 0. The second-order valence-electron chi connectivity index (χ2n) is 7.69. The molecule has 0 spiro atoms. The standard InChI is InChI=1S/C24H36O5/c1-5-15(3)24(27)29-21-11-14(2)10-17-7-6-16(4)20(23(17)21)9-8-19-12-18(25)13-22(26)28-19/h6-7,10,14-16,18-21,23,25H,5,8-9,11-13H2,1-4H3/t14-,15-,16-,18+,19?,20-,21?,23-/m0/s1/i3D3,6D,7D,10D,11D2,13D2,14D,16D. The molecule has 1 saturated heterocycles. The van der Waals surface area contributed by atoms with E-state index in [2.05, 4.69) is 0 Å². The van der Waals surface area contributed by atoms with Gasteiger partial charge in [0.25, 0.3) is 0 Å². The Morgan fingerprint density at radius 3 is 3.00 bits per heavy atom. The second kappa shape index (κ2) is 9.46. The van der Waals surface area contributed by atoms with Crippen LogP contribution in [0.2, 0.25) is 0 Å². The van der Waals surface area contributed by atoms with Gasteiger partial charge in [0.1, 0.15) is 12.2 Å². The molecule has 29 heavy (non-hydrogen) atoms. The van der Waals surface area contributed by atoms with Crippen LogP contribution in [-0.2, 0) is 19.1 Å². The van der Waals surface area contributed by atoms with E-state index in [-0.39, 0.29) is 31.3 Å². The summed E-state index contributed by atoms with van der Waals surface area (Å²) in [6.45, 7) is 1.03. The Balaban J connectivity index is 2.12. The zero-order chi connectivity index (χ0) is 31.7. The van der Waals surface area contributed by atoms with E-state index in [1.165, 1.54) is 13.8 Å².